The minimum Gasteiger partial charge on any atom is -0.212 e. The van der Waals surface area contributed by atoms with Gasteiger partial charge in [-0.25, -0.2) is 12.7 Å². The third-order valence-electron chi connectivity index (χ3n) is 2.36. The van der Waals surface area contributed by atoms with Gasteiger partial charge in [-0.3, -0.25) is 0 Å². The number of halogens is 1. The van der Waals surface area contributed by atoms with Crippen LogP contribution < -0.4 is 0 Å². The zero-order valence-electron chi connectivity index (χ0n) is 8.82. The molecule has 0 spiro atoms. The lowest BCUT2D eigenvalue weighted by Crippen LogP contribution is -2.34. The van der Waals surface area contributed by atoms with Gasteiger partial charge in [0, 0.05) is 24.7 Å². The molecule has 0 amide bonds. The van der Waals surface area contributed by atoms with E-state index in [9.17, 15) is 8.42 Å². The highest BCUT2D eigenvalue weighted by Gasteiger charge is 2.22. The fourth-order valence-corrected chi connectivity index (χ4v) is 4.30. The van der Waals surface area contributed by atoms with Crippen molar-refractivity contribution in [3.63, 3.8) is 0 Å². The molecular weight excluding hydrogens is 254 g/mol. The highest BCUT2D eigenvalue weighted by atomic mass is 35.5. The summed E-state index contributed by atoms with van der Waals surface area (Å²) in [6.07, 6.45) is 2.43. The summed E-state index contributed by atoms with van der Waals surface area (Å²) < 4.78 is 25.4. The molecule has 0 aromatic heterocycles. The molecule has 0 unspecified atom stereocenters. The Balaban J connectivity index is 2.43. The Kier molecular flexibility index (Phi) is 6.34. The molecule has 1 fully saturated rings. The number of rotatable bonds is 5. The van der Waals surface area contributed by atoms with Crippen molar-refractivity contribution in [3.8, 4) is 0 Å². The first-order valence-corrected chi connectivity index (χ1v) is 8.58. The molecule has 0 radical (unpaired) electrons. The SMILES string of the molecule is O=S(=O)(CCCCCl)N1CCCSCC1. The van der Waals surface area contributed by atoms with Gasteiger partial charge in [0.05, 0.1) is 5.75 Å². The van der Waals surface area contributed by atoms with Gasteiger partial charge in [-0.2, -0.15) is 11.8 Å². The van der Waals surface area contributed by atoms with Crippen LogP contribution in [0.25, 0.3) is 0 Å². The van der Waals surface area contributed by atoms with Gasteiger partial charge in [0.25, 0.3) is 0 Å². The predicted molar refractivity (Wildman–Crippen MR) is 67.3 cm³/mol. The lowest BCUT2D eigenvalue weighted by molar-refractivity contribution is 0.434. The molecule has 1 aliphatic heterocycles. The van der Waals surface area contributed by atoms with Crippen LogP contribution in [-0.4, -0.2) is 49.0 Å². The van der Waals surface area contributed by atoms with Crippen molar-refractivity contribution in [2.24, 2.45) is 0 Å². The summed E-state index contributed by atoms with van der Waals surface area (Å²) in [7, 11) is -3.02. The lowest BCUT2D eigenvalue weighted by Gasteiger charge is -2.19. The van der Waals surface area contributed by atoms with Crippen molar-refractivity contribution in [1.29, 1.82) is 0 Å². The third kappa shape index (κ3) is 4.93. The molecule has 15 heavy (non-hydrogen) atoms. The van der Waals surface area contributed by atoms with Gasteiger partial charge in [0.15, 0.2) is 0 Å². The molecule has 1 heterocycles. The number of nitrogens with zero attached hydrogens (tertiary/aromatic N) is 1. The molecule has 90 valence electrons. The number of unbranched alkanes of at least 4 members (excludes halogenated alkanes) is 1. The van der Waals surface area contributed by atoms with E-state index in [0.29, 0.717) is 25.4 Å². The number of thioether (sulfide) groups is 1. The Morgan fingerprint density at radius 3 is 2.73 bits per heavy atom. The van der Waals surface area contributed by atoms with Crippen molar-refractivity contribution in [2.45, 2.75) is 19.3 Å². The first kappa shape index (κ1) is 13.6. The van der Waals surface area contributed by atoms with E-state index in [1.807, 2.05) is 11.8 Å². The highest BCUT2D eigenvalue weighted by Crippen LogP contribution is 2.14. The second-order valence-corrected chi connectivity index (χ2v) is 7.27. The molecule has 6 heteroatoms. The van der Waals surface area contributed by atoms with Gasteiger partial charge in [0.1, 0.15) is 0 Å². The summed E-state index contributed by atoms with van der Waals surface area (Å²) in [5.41, 5.74) is 0. The normalized spacial score (nSPS) is 20.1. The van der Waals surface area contributed by atoms with E-state index in [1.165, 1.54) is 0 Å². The maximum atomic E-state index is 11.9. The predicted octanol–water partition coefficient (Wildman–Crippen LogP) is 1.77. The number of alkyl halides is 1. The topological polar surface area (TPSA) is 37.4 Å². The number of sulfonamides is 1. The van der Waals surface area contributed by atoms with Gasteiger partial charge in [-0.1, -0.05) is 0 Å². The average molecular weight is 272 g/mol. The van der Waals surface area contributed by atoms with E-state index in [0.717, 1.165) is 24.3 Å². The summed E-state index contributed by atoms with van der Waals surface area (Å²) in [6.45, 7) is 1.37. The monoisotopic (exact) mass is 271 g/mol. The molecule has 0 aliphatic carbocycles. The quantitative estimate of drug-likeness (QED) is 0.565. The van der Waals surface area contributed by atoms with Gasteiger partial charge in [-0.15, -0.1) is 11.6 Å². The molecule has 0 atom stereocenters. The third-order valence-corrected chi connectivity index (χ3v) is 5.63. The molecule has 1 rings (SSSR count). The minimum atomic E-state index is -3.02. The molecule has 0 aromatic rings. The van der Waals surface area contributed by atoms with Gasteiger partial charge in [0.2, 0.25) is 10.0 Å². The Labute approximate surface area is 102 Å². The van der Waals surface area contributed by atoms with Crippen molar-refractivity contribution in [2.75, 3.05) is 36.2 Å². The van der Waals surface area contributed by atoms with Gasteiger partial charge >= 0.3 is 0 Å². The first-order valence-electron chi connectivity index (χ1n) is 5.28. The molecule has 0 aromatic carbocycles. The standard InChI is InChI=1S/C9H18ClNO2S2/c10-4-1-2-9-15(12,13)11-5-3-7-14-8-6-11/h1-9H2. The zero-order chi connectivity index (χ0) is 11.1. The summed E-state index contributed by atoms with van der Waals surface area (Å²) in [5.74, 6) is 2.80. The second kappa shape index (κ2) is 6.99. The molecule has 3 nitrogen and oxygen atoms in total. The van der Waals surface area contributed by atoms with E-state index < -0.39 is 10.0 Å². The fraction of sp³-hybridized carbons (Fsp3) is 1.00. The van der Waals surface area contributed by atoms with Crippen LogP contribution in [0.3, 0.4) is 0 Å². The van der Waals surface area contributed by atoms with E-state index in [4.69, 9.17) is 11.6 Å². The van der Waals surface area contributed by atoms with Crippen LogP contribution >= 0.6 is 23.4 Å². The van der Waals surface area contributed by atoms with Crippen molar-refractivity contribution in [3.05, 3.63) is 0 Å². The lowest BCUT2D eigenvalue weighted by atomic mass is 10.4. The molecule has 1 saturated heterocycles. The summed E-state index contributed by atoms with van der Waals surface area (Å²) >= 11 is 7.37. The first-order chi connectivity index (χ1) is 7.17. The van der Waals surface area contributed by atoms with Gasteiger partial charge in [-0.05, 0) is 25.0 Å². The van der Waals surface area contributed by atoms with E-state index in [2.05, 4.69) is 0 Å². The largest absolute Gasteiger partial charge is 0.214 e. The maximum Gasteiger partial charge on any atom is 0.214 e. The Morgan fingerprint density at radius 2 is 2.00 bits per heavy atom. The summed E-state index contributed by atoms with van der Waals surface area (Å²) in [4.78, 5) is 0. The van der Waals surface area contributed by atoms with Crippen LogP contribution in [0.5, 0.6) is 0 Å². The average Bonchev–Trinajstić information content (AvgIpc) is 2.46. The van der Waals surface area contributed by atoms with Crippen LogP contribution in [0, 0.1) is 0 Å². The van der Waals surface area contributed by atoms with Crippen LogP contribution in [0.15, 0.2) is 0 Å². The van der Waals surface area contributed by atoms with E-state index in [1.54, 1.807) is 4.31 Å². The van der Waals surface area contributed by atoms with Crippen molar-refractivity contribution in [1.82, 2.24) is 4.31 Å². The smallest absolute Gasteiger partial charge is 0.212 e. The Bertz CT molecular complexity index is 261. The second-order valence-electron chi connectivity index (χ2n) is 3.58. The zero-order valence-corrected chi connectivity index (χ0v) is 11.2. The van der Waals surface area contributed by atoms with Crippen molar-refractivity contribution < 1.29 is 8.42 Å². The minimum absolute atomic E-state index is 0.254. The van der Waals surface area contributed by atoms with E-state index in [-0.39, 0.29) is 5.75 Å². The van der Waals surface area contributed by atoms with Crippen LogP contribution in [0.2, 0.25) is 0 Å². The Morgan fingerprint density at radius 1 is 1.20 bits per heavy atom. The maximum absolute atomic E-state index is 11.9. The molecular formula is C9H18ClNO2S2. The summed E-state index contributed by atoms with van der Waals surface area (Å²) in [5, 5.41) is 0. The van der Waals surface area contributed by atoms with Crippen LogP contribution in [0.4, 0.5) is 0 Å². The van der Waals surface area contributed by atoms with Crippen LogP contribution in [0.1, 0.15) is 19.3 Å². The molecule has 0 saturated carbocycles. The number of hydrogen-bond acceptors (Lipinski definition) is 3. The molecule has 0 N–H and O–H groups in total. The van der Waals surface area contributed by atoms with Crippen LogP contribution in [-0.2, 0) is 10.0 Å². The van der Waals surface area contributed by atoms with Crippen molar-refractivity contribution >= 4 is 33.4 Å². The molecule has 1 aliphatic rings. The summed E-state index contributed by atoms with van der Waals surface area (Å²) in [6, 6.07) is 0. The Hall–Kier alpha value is 0.550. The fourth-order valence-electron chi connectivity index (χ4n) is 1.51. The van der Waals surface area contributed by atoms with E-state index >= 15 is 0 Å². The highest BCUT2D eigenvalue weighted by molar-refractivity contribution is 7.99. The number of hydrogen-bond donors (Lipinski definition) is 0. The molecule has 0 bridgehead atoms. The van der Waals surface area contributed by atoms with Gasteiger partial charge < -0.3 is 0 Å².